The first-order chi connectivity index (χ1) is 44.6. The molecule has 45 heavy (non-hydrogen) atoms. The molecule has 0 amide bonds. The summed E-state index contributed by atoms with van der Waals surface area (Å²) in [7, 11) is -6.33. The number of rotatable bonds is 34. The van der Waals surface area contributed by atoms with E-state index in [-0.39, 0.29) is 29.6 Å². The van der Waals surface area contributed by atoms with Crippen molar-refractivity contribution in [1.29, 1.82) is 0 Å². The molecule has 0 aliphatic rings. The van der Waals surface area contributed by atoms with Crippen LogP contribution in [0.25, 0.3) is 0 Å². The molecular formula is C35H68NaO8P. The van der Waals surface area contributed by atoms with Gasteiger partial charge in [0.25, 0.3) is 7.82 Å². The summed E-state index contributed by atoms with van der Waals surface area (Å²) >= 11 is 0. The Morgan fingerprint density at radius 1 is 0.622 bits per heavy atom. The van der Waals surface area contributed by atoms with E-state index in [1.54, 1.807) is 0 Å². The molecule has 0 aliphatic heterocycles. The molecule has 8 nitrogen and oxygen atoms in total. The van der Waals surface area contributed by atoms with E-state index in [1.165, 1.54) is 0 Å². The first-order valence-corrected chi connectivity index (χ1v) is 12.2. The molecule has 0 radical (unpaired) electrons. The van der Waals surface area contributed by atoms with Gasteiger partial charge in [-0.25, -0.2) is 0 Å². The van der Waals surface area contributed by atoms with Crippen LogP contribution in [0.2, 0.25) is 0 Å². The van der Waals surface area contributed by atoms with Crippen LogP contribution in [-0.2, 0) is 28.2 Å². The van der Waals surface area contributed by atoms with Gasteiger partial charge in [0.1, 0.15) is 6.61 Å². The normalized spacial score (nSPS) is 43.1. The SMILES string of the molecule is [2H]C([2H])([2H])C([2H])([2H])C([2H])([2H])C([2H])([2H])C([2H])([2H])C([2H])([2H])C([2H])([2H])C([2H])([2H])C([2H])([2H])C([2H])([2H])C([2H])([2H])C([2H])([2H])C([2H])([2H])C([2H])([2H])C([2H])([2H])C(=O)OC[C@H](COP(=O)([O-])O)OC(=O)C([2H])([2H])C([2H])([2H])C([2H])([2H])C([2H])([2H])C([2H])([2H])C([2H])([2H])C([2H])([2H])C([2H])([2H])C([2H])([2H])C([2H])([2H])C([2H])([2H])C([2H])([2H])C([2H])([2H])C([2H])([2H])C([2H])([2H])[2H].[Na+]. The van der Waals surface area contributed by atoms with Crippen LogP contribution in [-0.4, -0.2) is 36.1 Å². The van der Waals surface area contributed by atoms with E-state index in [9.17, 15) is 23.9 Å². The Morgan fingerprint density at radius 2 is 0.956 bits per heavy atom. The summed E-state index contributed by atoms with van der Waals surface area (Å²) in [4.78, 5) is 48.1. The molecule has 0 saturated heterocycles. The average molecular weight is 733 g/mol. The van der Waals surface area contributed by atoms with Gasteiger partial charge in [0.2, 0.25) is 0 Å². The summed E-state index contributed by atoms with van der Waals surface area (Å²) in [6, 6.07) is 0. The molecule has 0 aromatic rings. The summed E-state index contributed by atoms with van der Waals surface area (Å²) in [5, 5.41) is 0. The summed E-state index contributed by atoms with van der Waals surface area (Å²) in [6.45, 7) is -13.1. The van der Waals surface area contributed by atoms with Crippen LogP contribution in [0.5, 0.6) is 0 Å². The van der Waals surface area contributed by atoms with Crippen LogP contribution in [0.15, 0.2) is 0 Å². The Balaban J connectivity index is 0. The van der Waals surface area contributed by atoms with Gasteiger partial charge in [0, 0.05) is 97.7 Å². The van der Waals surface area contributed by atoms with Gasteiger partial charge < -0.3 is 23.8 Å². The molecule has 0 heterocycles. The largest absolute Gasteiger partial charge is 1.00 e. The molecule has 262 valence electrons. The molecule has 0 spiro atoms. The molecule has 1 N–H and O–H groups in total. The van der Waals surface area contributed by atoms with Crippen molar-refractivity contribution in [3.8, 4) is 0 Å². The molecule has 10 heteroatoms. The predicted molar refractivity (Wildman–Crippen MR) is 177 cm³/mol. The first-order valence-electron chi connectivity index (χ1n) is 41.7. The third-order valence-electron chi connectivity index (χ3n) is 2.93. The van der Waals surface area contributed by atoms with Gasteiger partial charge in [-0.3, -0.25) is 14.2 Å². The van der Waals surface area contributed by atoms with E-state index in [2.05, 4.69) is 14.0 Å². The smallest absolute Gasteiger partial charge is 0.756 e. The number of carbonyl (C=O) groups is 2. The minimum Gasteiger partial charge on any atom is -0.756 e. The van der Waals surface area contributed by atoms with Crippen molar-refractivity contribution in [1.82, 2.24) is 0 Å². The van der Waals surface area contributed by atoms with Gasteiger partial charge in [-0.2, -0.15) is 0 Å². The maximum absolute atomic E-state index is 13.6. The molecule has 2 atom stereocenters. The predicted octanol–water partition coefficient (Wildman–Crippen LogP) is 6.89. The zero-order valence-electron chi connectivity index (χ0n) is 84.7. The quantitative estimate of drug-likeness (QED) is 0.0432. The van der Waals surface area contributed by atoms with Crippen LogP contribution in [0.3, 0.4) is 0 Å². The fourth-order valence-electron chi connectivity index (χ4n) is 1.53. The van der Waals surface area contributed by atoms with Gasteiger partial charge >= 0.3 is 41.5 Å². The van der Waals surface area contributed by atoms with Gasteiger partial charge in [0.05, 0.1) is 6.61 Å². The topological polar surface area (TPSA) is 122 Å². The van der Waals surface area contributed by atoms with Crippen LogP contribution >= 0.6 is 7.82 Å². The Hall–Kier alpha value is 0.0500. The number of phosphoric ester groups is 1. The van der Waals surface area contributed by atoms with Crippen molar-refractivity contribution in [2.45, 2.75) is 198 Å². The zero-order chi connectivity index (χ0) is 87.8. The number of hydrogen-bond acceptors (Lipinski definition) is 7. The van der Waals surface area contributed by atoms with Crippen LogP contribution in [0.1, 0.15) is 277 Å². The minimum absolute atomic E-state index is 0. The van der Waals surface area contributed by atoms with E-state index in [0.29, 0.717) is 0 Å². The standard InChI is InChI=1S/C35H69O8P.Na/c1-3-5-7-9-11-13-15-17-19-21-23-25-27-29-34(36)41-31-33(32-42-44(38,39)40)43-35(37)30-28-26-24-22-20-18-16-14-12-10-8-6-4-2;/h33H,3-32H2,1-2H3,(H2,38,39,40);/q;+1/p-1/t33-;/m1./s1/i1D3,2D3,3D2,4D2,5D2,6D2,7D2,8D2,9D2,10D2,11D2,12D2,13D2,14D2,15D2,16D2,17D2,18D2,19D2,20D2,21D2,22D2,23D2,24D2,25D2,26D2,27D2,28D2,29D2,30D2;. The average Bonchev–Trinajstić information content (AvgIpc) is 0.682. The van der Waals surface area contributed by atoms with E-state index < -0.39 is 231 Å². The monoisotopic (exact) mass is 733 g/mol. The Kier molecular flexibility index (Phi) is 6.22. The Morgan fingerprint density at radius 3 is 1.31 bits per heavy atom. The summed E-state index contributed by atoms with van der Waals surface area (Å²) < 4.78 is 529. The van der Waals surface area contributed by atoms with E-state index >= 15 is 0 Å². The number of esters is 2. The van der Waals surface area contributed by atoms with E-state index in [4.69, 9.17) is 85.0 Å². The first kappa shape index (κ1) is 7.92. The van der Waals surface area contributed by atoms with Crippen LogP contribution < -0.4 is 34.5 Å². The molecular weight excluding hydrogens is 602 g/mol. The maximum Gasteiger partial charge on any atom is 1.00 e. The van der Waals surface area contributed by atoms with Crippen LogP contribution in [0.4, 0.5) is 0 Å². The second kappa shape index (κ2) is 35.4. The third-order valence-corrected chi connectivity index (χ3v) is 3.40. The molecule has 0 aliphatic carbocycles. The molecule has 0 saturated carbocycles. The molecule has 0 bridgehead atoms. The van der Waals surface area contributed by atoms with E-state index in [0.717, 1.165) is 0 Å². The second-order valence-electron chi connectivity index (χ2n) is 5.89. The summed E-state index contributed by atoms with van der Waals surface area (Å²) in [5.74, 6) is -6.28. The number of carbonyl (C=O) groups excluding carboxylic acids is 2. The van der Waals surface area contributed by atoms with Gasteiger partial charge in [-0.05, 0) is 12.7 Å². The Bertz CT molecular complexity index is 3240. The zero-order valence-corrected chi connectivity index (χ0v) is 25.6. The van der Waals surface area contributed by atoms with Crippen molar-refractivity contribution in [2.24, 2.45) is 0 Å². The molecule has 0 aromatic carbocycles. The summed E-state index contributed by atoms with van der Waals surface area (Å²) in [5.41, 5.74) is 0. The second-order valence-corrected chi connectivity index (χ2v) is 7.09. The van der Waals surface area contributed by atoms with Crippen molar-refractivity contribution in [3.05, 3.63) is 0 Å². The van der Waals surface area contributed by atoms with Crippen molar-refractivity contribution in [3.63, 3.8) is 0 Å². The van der Waals surface area contributed by atoms with Gasteiger partial charge in [-0.15, -0.1) is 0 Å². The van der Waals surface area contributed by atoms with Crippen molar-refractivity contribution >= 4 is 19.8 Å². The number of hydrogen-bond donors (Lipinski definition) is 1. The number of phosphoric acid groups is 1. The van der Waals surface area contributed by atoms with Gasteiger partial charge in [-0.1, -0.05) is 167 Å². The van der Waals surface area contributed by atoms with Crippen molar-refractivity contribution in [2.75, 3.05) is 13.2 Å². The maximum atomic E-state index is 13.6. The van der Waals surface area contributed by atoms with E-state index in [1.807, 2.05) is 0 Å². The molecule has 0 rings (SSSR count). The fraction of sp³-hybridized carbons (Fsp3) is 0.943. The minimum atomic E-state index is -6.33. The van der Waals surface area contributed by atoms with Crippen molar-refractivity contribution < 1.29 is 152 Å². The summed E-state index contributed by atoms with van der Waals surface area (Å²) in [6.07, 6.45) is -151. The molecule has 0 fully saturated rings. The molecule has 1 unspecified atom stereocenters. The number of ether oxygens (including phenoxy) is 2. The molecule has 0 aromatic heterocycles. The van der Waals surface area contributed by atoms with Crippen LogP contribution in [0, 0.1) is 0 Å². The van der Waals surface area contributed by atoms with Gasteiger partial charge in [0.15, 0.2) is 6.10 Å². The third kappa shape index (κ3) is 38.4. The fourth-order valence-corrected chi connectivity index (χ4v) is 1.89. The Labute approximate surface area is 385 Å².